The van der Waals surface area contributed by atoms with Gasteiger partial charge in [-0.1, -0.05) is 30.3 Å². The van der Waals surface area contributed by atoms with E-state index in [1.165, 1.54) is 12.3 Å². The molecule has 1 aliphatic heterocycles. The van der Waals surface area contributed by atoms with Gasteiger partial charge in [-0.05, 0) is 37.5 Å². The molecule has 9 heteroatoms. The molecular formula is C23H24F3N5O. The first-order chi connectivity index (χ1) is 15.3. The number of piperidine rings is 1. The van der Waals surface area contributed by atoms with E-state index in [0.717, 1.165) is 17.3 Å². The number of halogens is 3. The summed E-state index contributed by atoms with van der Waals surface area (Å²) in [5, 5.41) is 2.95. The van der Waals surface area contributed by atoms with Gasteiger partial charge in [0.2, 0.25) is 5.91 Å². The van der Waals surface area contributed by atoms with Gasteiger partial charge in [0.15, 0.2) is 0 Å². The number of alkyl halides is 3. The van der Waals surface area contributed by atoms with Gasteiger partial charge in [-0.15, -0.1) is 0 Å². The summed E-state index contributed by atoms with van der Waals surface area (Å²) in [5.74, 6) is -0.139. The summed E-state index contributed by atoms with van der Waals surface area (Å²) in [4.78, 5) is 26.0. The molecule has 1 aliphatic rings. The molecule has 0 spiro atoms. The van der Waals surface area contributed by atoms with Gasteiger partial charge in [-0.25, -0.2) is 9.97 Å². The number of rotatable bonds is 5. The number of benzene rings is 1. The summed E-state index contributed by atoms with van der Waals surface area (Å²) >= 11 is 0. The number of aromatic nitrogens is 3. The van der Waals surface area contributed by atoms with Crippen molar-refractivity contribution in [1.29, 1.82) is 0 Å². The van der Waals surface area contributed by atoms with Crippen molar-refractivity contribution in [3.63, 3.8) is 0 Å². The average molecular weight is 443 g/mol. The molecule has 168 valence electrons. The second-order valence-electron chi connectivity index (χ2n) is 7.94. The van der Waals surface area contributed by atoms with Crippen molar-refractivity contribution in [2.24, 2.45) is 5.92 Å². The lowest BCUT2D eigenvalue weighted by molar-refractivity contribution is -0.137. The molecule has 0 radical (unpaired) electrons. The Morgan fingerprint density at radius 2 is 1.97 bits per heavy atom. The predicted octanol–water partition coefficient (Wildman–Crippen LogP) is 4.58. The molecule has 4 rings (SSSR count). The summed E-state index contributed by atoms with van der Waals surface area (Å²) in [5.41, 5.74) is 1.06. The topological polar surface area (TPSA) is 73.9 Å². The fraction of sp³-hybridized carbons (Fsp3) is 0.348. The number of nitrogens with zero attached hydrogens (tertiary/aromatic N) is 3. The van der Waals surface area contributed by atoms with E-state index in [4.69, 9.17) is 0 Å². The standard InChI is InChI=1S/C23H24F3N5O/c1-15(20-28-13-19(30-20)16-7-3-2-4-8-16)29-22(32)17-9-6-12-31(14-17)21-18(23(24,25)26)10-5-11-27-21/h2-5,7-8,10-11,13,15,17H,6,9,12,14H2,1H3,(H,28,30)(H,29,32). The van der Waals surface area contributed by atoms with E-state index >= 15 is 0 Å². The Morgan fingerprint density at radius 3 is 2.72 bits per heavy atom. The van der Waals surface area contributed by atoms with Crippen LogP contribution in [-0.2, 0) is 11.0 Å². The number of hydrogen-bond acceptors (Lipinski definition) is 4. The highest BCUT2D eigenvalue weighted by Gasteiger charge is 2.37. The summed E-state index contributed by atoms with van der Waals surface area (Å²) < 4.78 is 40.2. The summed E-state index contributed by atoms with van der Waals surface area (Å²) in [6, 6.07) is 11.7. The molecule has 3 heterocycles. The Bertz CT molecular complexity index is 1070. The van der Waals surface area contributed by atoms with Gasteiger partial charge in [0.05, 0.1) is 29.4 Å². The molecule has 1 amide bonds. The lowest BCUT2D eigenvalue weighted by Gasteiger charge is -2.34. The SMILES string of the molecule is CC(NC(=O)C1CCCN(c2ncccc2C(F)(F)F)C1)c1ncc(-c2ccccc2)[nH]1. The van der Waals surface area contributed by atoms with Crippen LogP contribution in [0.1, 0.15) is 37.2 Å². The highest BCUT2D eigenvalue weighted by atomic mass is 19.4. The Hall–Kier alpha value is -3.36. The maximum atomic E-state index is 13.4. The fourth-order valence-electron chi connectivity index (χ4n) is 3.97. The van der Waals surface area contributed by atoms with Crippen LogP contribution in [0.4, 0.5) is 19.0 Å². The van der Waals surface area contributed by atoms with E-state index in [1.807, 2.05) is 37.3 Å². The minimum Gasteiger partial charge on any atom is -0.355 e. The highest BCUT2D eigenvalue weighted by Crippen LogP contribution is 2.36. The first-order valence-corrected chi connectivity index (χ1v) is 10.5. The lowest BCUT2D eigenvalue weighted by Crippen LogP contribution is -2.44. The van der Waals surface area contributed by atoms with Gasteiger partial charge in [-0.3, -0.25) is 4.79 Å². The molecule has 32 heavy (non-hydrogen) atoms. The number of anilines is 1. The van der Waals surface area contributed by atoms with Crippen LogP contribution in [0.3, 0.4) is 0 Å². The molecule has 2 aromatic heterocycles. The minimum absolute atomic E-state index is 0.121. The van der Waals surface area contributed by atoms with Gasteiger partial charge in [-0.2, -0.15) is 13.2 Å². The van der Waals surface area contributed by atoms with Gasteiger partial charge in [0, 0.05) is 19.3 Å². The van der Waals surface area contributed by atoms with Crippen LogP contribution in [-0.4, -0.2) is 33.9 Å². The number of aromatic amines is 1. The van der Waals surface area contributed by atoms with Crippen LogP contribution in [0.25, 0.3) is 11.3 Å². The highest BCUT2D eigenvalue weighted by molar-refractivity contribution is 5.80. The number of imidazole rings is 1. The number of H-pyrrole nitrogens is 1. The predicted molar refractivity (Wildman–Crippen MR) is 115 cm³/mol. The number of hydrogen-bond donors (Lipinski definition) is 2. The normalized spacial score (nSPS) is 17.8. The number of pyridine rings is 1. The zero-order valence-corrected chi connectivity index (χ0v) is 17.6. The minimum atomic E-state index is -4.50. The van der Waals surface area contributed by atoms with E-state index in [0.29, 0.717) is 25.2 Å². The maximum Gasteiger partial charge on any atom is 0.419 e. The molecule has 2 N–H and O–H groups in total. The Morgan fingerprint density at radius 1 is 1.19 bits per heavy atom. The Balaban J connectivity index is 1.43. The summed E-state index contributed by atoms with van der Waals surface area (Å²) in [6.07, 6.45) is -0.216. The molecule has 3 aromatic rings. The molecule has 0 bridgehead atoms. The van der Waals surface area contributed by atoms with Crippen LogP contribution < -0.4 is 10.2 Å². The van der Waals surface area contributed by atoms with Crippen LogP contribution in [0.15, 0.2) is 54.9 Å². The van der Waals surface area contributed by atoms with Crippen molar-refractivity contribution in [1.82, 2.24) is 20.3 Å². The van der Waals surface area contributed by atoms with Crippen molar-refractivity contribution < 1.29 is 18.0 Å². The van der Waals surface area contributed by atoms with Crippen molar-refractivity contribution in [2.45, 2.75) is 32.0 Å². The van der Waals surface area contributed by atoms with Crippen LogP contribution >= 0.6 is 0 Å². The quantitative estimate of drug-likeness (QED) is 0.605. The summed E-state index contributed by atoms with van der Waals surface area (Å²) in [7, 11) is 0. The van der Waals surface area contributed by atoms with Crippen LogP contribution in [0.2, 0.25) is 0 Å². The summed E-state index contributed by atoms with van der Waals surface area (Å²) in [6.45, 7) is 2.44. The van der Waals surface area contributed by atoms with Crippen molar-refractivity contribution in [3.05, 3.63) is 66.2 Å². The molecular weight excluding hydrogens is 419 g/mol. The van der Waals surface area contributed by atoms with E-state index in [1.54, 1.807) is 11.1 Å². The van der Waals surface area contributed by atoms with Crippen LogP contribution in [0, 0.1) is 5.92 Å². The molecule has 2 unspecified atom stereocenters. The van der Waals surface area contributed by atoms with Crippen LogP contribution in [0.5, 0.6) is 0 Å². The number of amides is 1. The zero-order chi connectivity index (χ0) is 22.7. The monoisotopic (exact) mass is 443 g/mol. The van der Waals surface area contributed by atoms with E-state index in [2.05, 4.69) is 20.3 Å². The first-order valence-electron chi connectivity index (χ1n) is 10.5. The Labute approximate surface area is 183 Å². The average Bonchev–Trinajstić information content (AvgIpc) is 3.30. The zero-order valence-electron chi connectivity index (χ0n) is 17.6. The van der Waals surface area contributed by atoms with Gasteiger partial charge in [0.25, 0.3) is 0 Å². The maximum absolute atomic E-state index is 13.4. The number of nitrogens with one attached hydrogen (secondary N) is 2. The molecule has 2 atom stereocenters. The third-order valence-electron chi connectivity index (χ3n) is 5.63. The third-order valence-corrected chi connectivity index (χ3v) is 5.63. The first kappa shape index (κ1) is 21.9. The second kappa shape index (κ2) is 9.02. The van der Waals surface area contributed by atoms with Crippen molar-refractivity contribution >= 4 is 11.7 Å². The van der Waals surface area contributed by atoms with E-state index < -0.39 is 17.7 Å². The molecule has 1 fully saturated rings. The number of carbonyl (C=O) groups is 1. The second-order valence-corrected chi connectivity index (χ2v) is 7.94. The van der Waals surface area contributed by atoms with Gasteiger partial charge < -0.3 is 15.2 Å². The molecule has 1 saturated heterocycles. The van der Waals surface area contributed by atoms with E-state index in [-0.39, 0.29) is 24.3 Å². The largest absolute Gasteiger partial charge is 0.419 e. The molecule has 0 saturated carbocycles. The Kier molecular flexibility index (Phi) is 6.16. The van der Waals surface area contributed by atoms with Gasteiger partial charge >= 0.3 is 6.18 Å². The van der Waals surface area contributed by atoms with Crippen molar-refractivity contribution in [2.75, 3.05) is 18.0 Å². The van der Waals surface area contributed by atoms with Gasteiger partial charge in [0.1, 0.15) is 11.6 Å². The third kappa shape index (κ3) is 4.76. The molecule has 0 aliphatic carbocycles. The fourth-order valence-corrected chi connectivity index (χ4v) is 3.97. The smallest absolute Gasteiger partial charge is 0.355 e. The van der Waals surface area contributed by atoms with Crippen molar-refractivity contribution in [3.8, 4) is 11.3 Å². The number of carbonyl (C=O) groups excluding carboxylic acids is 1. The van der Waals surface area contributed by atoms with E-state index in [9.17, 15) is 18.0 Å². The lowest BCUT2D eigenvalue weighted by atomic mass is 9.96. The molecule has 6 nitrogen and oxygen atoms in total. The molecule has 1 aromatic carbocycles.